The second kappa shape index (κ2) is 12.8. The van der Waals surface area contributed by atoms with Crippen molar-refractivity contribution in [2.75, 3.05) is 26.4 Å². The first-order valence-electron chi connectivity index (χ1n) is 8.02. The normalized spacial score (nSPS) is 13.0. The predicted molar refractivity (Wildman–Crippen MR) is 84.3 cm³/mol. The van der Waals surface area contributed by atoms with E-state index in [-0.39, 0.29) is 13.0 Å². The van der Waals surface area contributed by atoms with Crippen molar-refractivity contribution < 1.29 is 27.2 Å². The number of rotatable bonds is 13. The van der Waals surface area contributed by atoms with Crippen molar-refractivity contribution in [1.29, 1.82) is 0 Å². The summed E-state index contributed by atoms with van der Waals surface area (Å²) in [5.41, 5.74) is 0. The molecule has 0 fully saturated rings. The van der Waals surface area contributed by atoms with Crippen molar-refractivity contribution in [3.63, 3.8) is 0 Å². The minimum Gasteiger partial charge on any atom is -0.450 e. The SMILES string of the molecule is CCCC(F)NC(=O)OCCC[Si](OCC)(OCC)OCC. The van der Waals surface area contributed by atoms with Gasteiger partial charge in [0.05, 0.1) is 6.61 Å². The van der Waals surface area contributed by atoms with Crippen LogP contribution in [0.5, 0.6) is 0 Å². The molecule has 8 heteroatoms. The maximum absolute atomic E-state index is 13.2. The van der Waals surface area contributed by atoms with E-state index in [9.17, 15) is 9.18 Å². The van der Waals surface area contributed by atoms with Crippen LogP contribution in [0.2, 0.25) is 6.04 Å². The van der Waals surface area contributed by atoms with Gasteiger partial charge in [-0.15, -0.1) is 0 Å². The van der Waals surface area contributed by atoms with Gasteiger partial charge in [0.25, 0.3) is 0 Å². The van der Waals surface area contributed by atoms with Crippen LogP contribution in [0.15, 0.2) is 0 Å². The molecular formula is C14H30FNO5Si. The van der Waals surface area contributed by atoms with Crippen LogP contribution in [-0.2, 0) is 18.0 Å². The van der Waals surface area contributed by atoms with Gasteiger partial charge in [-0.3, -0.25) is 5.32 Å². The average molecular weight is 339 g/mol. The van der Waals surface area contributed by atoms with Crippen molar-refractivity contribution in [3.8, 4) is 0 Å². The standard InChI is InChI=1S/C14H30FNO5Si/c1-5-10-13(15)16-14(17)18-11-9-12-22(19-6-2,20-7-3)21-8-4/h13H,5-12H2,1-4H3,(H,16,17). The maximum Gasteiger partial charge on any atom is 0.501 e. The summed E-state index contributed by atoms with van der Waals surface area (Å²) in [5, 5.41) is 2.14. The van der Waals surface area contributed by atoms with Gasteiger partial charge < -0.3 is 18.0 Å². The van der Waals surface area contributed by atoms with E-state index in [0.29, 0.717) is 38.7 Å². The molecule has 0 saturated carbocycles. The molecule has 0 rings (SSSR count). The Balaban J connectivity index is 4.13. The van der Waals surface area contributed by atoms with E-state index in [0.717, 1.165) is 0 Å². The largest absolute Gasteiger partial charge is 0.501 e. The van der Waals surface area contributed by atoms with Gasteiger partial charge in [-0.05, 0) is 33.6 Å². The molecule has 0 bridgehead atoms. The molecule has 1 amide bonds. The van der Waals surface area contributed by atoms with Crippen LogP contribution in [-0.4, -0.2) is 47.6 Å². The lowest BCUT2D eigenvalue weighted by Gasteiger charge is -2.28. The first kappa shape index (κ1) is 21.3. The van der Waals surface area contributed by atoms with E-state index in [4.69, 9.17) is 18.0 Å². The summed E-state index contributed by atoms with van der Waals surface area (Å²) in [4.78, 5) is 11.4. The highest BCUT2D eigenvalue weighted by Crippen LogP contribution is 2.18. The monoisotopic (exact) mass is 339 g/mol. The second-order valence-electron chi connectivity index (χ2n) is 4.62. The fourth-order valence-electron chi connectivity index (χ4n) is 1.95. The number of alkyl halides is 1. The van der Waals surface area contributed by atoms with E-state index < -0.39 is 21.2 Å². The van der Waals surface area contributed by atoms with Crippen LogP contribution in [0, 0.1) is 0 Å². The number of alkyl carbamates (subject to hydrolysis) is 1. The first-order valence-corrected chi connectivity index (χ1v) is 9.95. The Morgan fingerprint density at radius 1 is 1.09 bits per heavy atom. The van der Waals surface area contributed by atoms with Gasteiger partial charge in [-0.2, -0.15) is 0 Å². The lowest BCUT2D eigenvalue weighted by molar-refractivity contribution is 0.0677. The van der Waals surface area contributed by atoms with Crippen molar-refractivity contribution in [1.82, 2.24) is 5.32 Å². The average Bonchev–Trinajstić information content (AvgIpc) is 2.45. The Morgan fingerprint density at radius 2 is 1.64 bits per heavy atom. The quantitative estimate of drug-likeness (QED) is 0.317. The van der Waals surface area contributed by atoms with Crippen molar-refractivity contribution in [2.45, 2.75) is 59.3 Å². The minimum atomic E-state index is -2.70. The minimum absolute atomic E-state index is 0.173. The topological polar surface area (TPSA) is 66.0 Å². The molecule has 0 aromatic rings. The Morgan fingerprint density at radius 3 is 2.09 bits per heavy atom. The van der Waals surface area contributed by atoms with E-state index >= 15 is 0 Å². The summed E-state index contributed by atoms with van der Waals surface area (Å²) in [6, 6.07) is 0.559. The smallest absolute Gasteiger partial charge is 0.450 e. The van der Waals surface area contributed by atoms with Gasteiger partial charge in [0.1, 0.15) is 0 Å². The zero-order valence-corrected chi connectivity index (χ0v) is 15.2. The fraction of sp³-hybridized carbons (Fsp3) is 0.929. The Bertz CT molecular complexity index is 279. The lowest BCUT2D eigenvalue weighted by Crippen LogP contribution is -2.46. The molecule has 0 saturated heterocycles. The van der Waals surface area contributed by atoms with E-state index in [1.165, 1.54) is 0 Å². The number of carbonyl (C=O) groups is 1. The molecule has 0 heterocycles. The van der Waals surface area contributed by atoms with Crippen LogP contribution in [0.4, 0.5) is 9.18 Å². The Labute approximate surface area is 134 Å². The van der Waals surface area contributed by atoms with Crippen molar-refractivity contribution >= 4 is 14.9 Å². The molecule has 22 heavy (non-hydrogen) atoms. The molecule has 0 aliphatic rings. The molecule has 0 aliphatic carbocycles. The third-order valence-electron chi connectivity index (χ3n) is 2.77. The number of nitrogens with one attached hydrogen (secondary N) is 1. The molecule has 132 valence electrons. The van der Waals surface area contributed by atoms with Crippen LogP contribution < -0.4 is 5.32 Å². The molecule has 1 unspecified atom stereocenters. The molecule has 0 aromatic heterocycles. The van der Waals surface area contributed by atoms with Crippen molar-refractivity contribution in [2.24, 2.45) is 0 Å². The van der Waals surface area contributed by atoms with Gasteiger partial charge in [0.2, 0.25) is 0 Å². The maximum atomic E-state index is 13.2. The highest BCUT2D eigenvalue weighted by atomic mass is 28.4. The van der Waals surface area contributed by atoms with Crippen molar-refractivity contribution in [3.05, 3.63) is 0 Å². The third kappa shape index (κ3) is 9.34. The Hall–Kier alpha value is -0.703. The van der Waals surface area contributed by atoms with Crippen LogP contribution in [0.3, 0.4) is 0 Å². The first-order chi connectivity index (χ1) is 10.5. The Kier molecular flexibility index (Phi) is 12.4. The molecule has 0 aromatic carbocycles. The highest BCUT2D eigenvalue weighted by Gasteiger charge is 2.39. The zero-order chi connectivity index (χ0) is 16.8. The molecule has 0 radical (unpaired) electrons. The second-order valence-corrected chi connectivity index (χ2v) is 7.35. The van der Waals surface area contributed by atoms with E-state index in [1.807, 2.05) is 27.7 Å². The predicted octanol–water partition coefficient (Wildman–Crippen LogP) is 3.25. The number of hydrogen-bond acceptors (Lipinski definition) is 5. The molecular weight excluding hydrogens is 309 g/mol. The summed E-state index contributed by atoms with van der Waals surface area (Å²) in [5.74, 6) is 0. The van der Waals surface area contributed by atoms with Gasteiger partial charge in [0, 0.05) is 25.9 Å². The summed E-state index contributed by atoms with van der Waals surface area (Å²) < 4.78 is 35.2. The third-order valence-corrected chi connectivity index (χ3v) is 5.92. The molecule has 0 aliphatic heterocycles. The lowest BCUT2D eigenvalue weighted by atomic mass is 10.3. The summed E-state index contributed by atoms with van der Waals surface area (Å²) in [7, 11) is -2.70. The molecule has 0 spiro atoms. The van der Waals surface area contributed by atoms with Crippen LogP contribution in [0.1, 0.15) is 47.0 Å². The number of hydrogen-bond donors (Lipinski definition) is 1. The number of ether oxygens (including phenoxy) is 1. The zero-order valence-electron chi connectivity index (χ0n) is 14.2. The number of halogens is 1. The molecule has 1 N–H and O–H groups in total. The van der Waals surface area contributed by atoms with Crippen LogP contribution in [0.25, 0.3) is 0 Å². The highest BCUT2D eigenvalue weighted by molar-refractivity contribution is 6.60. The van der Waals surface area contributed by atoms with Gasteiger partial charge in [0.15, 0.2) is 6.30 Å². The van der Waals surface area contributed by atoms with Gasteiger partial charge in [-0.25, -0.2) is 9.18 Å². The van der Waals surface area contributed by atoms with Gasteiger partial charge >= 0.3 is 14.9 Å². The van der Waals surface area contributed by atoms with Crippen LogP contribution >= 0.6 is 0 Å². The molecule has 6 nitrogen and oxygen atoms in total. The summed E-state index contributed by atoms with van der Waals surface area (Å²) >= 11 is 0. The molecule has 1 atom stereocenters. The van der Waals surface area contributed by atoms with Gasteiger partial charge in [-0.1, -0.05) is 13.3 Å². The van der Waals surface area contributed by atoms with E-state index in [2.05, 4.69) is 5.32 Å². The summed E-state index contributed by atoms with van der Waals surface area (Å²) in [6.07, 6.45) is -0.611. The number of amides is 1. The fourth-order valence-corrected chi connectivity index (χ4v) is 4.53. The summed E-state index contributed by atoms with van der Waals surface area (Å²) in [6.45, 7) is 9.21. The van der Waals surface area contributed by atoms with E-state index in [1.54, 1.807) is 0 Å². The number of carbonyl (C=O) groups excluding carboxylic acids is 1.